The van der Waals surface area contributed by atoms with Crippen LogP contribution in [-0.2, 0) is 10.0 Å². The van der Waals surface area contributed by atoms with Crippen LogP contribution in [0, 0.1) is 6.92 Å². The fourth-order valence-electron chi connectivity index (χ4n) is 1.85. The Balaban J connectivity index is 2.25. The average Bonchev–Trinajstić information content (AvgIpc) is 2.42. The van der Waals surface area contributed by atoms with Crippen LogP contribution in [0.1, 0.15) is 12.5 Å². The second-order valence-corrected chi connectivity index (χ2v) is 6.77. The van der Waals surface area contributed by atoms with Gasteiger partial charge in [-0.1, -0.05) is 11.6 Å². The van der Waals surface area contributed by atoms with Gasteiger partial charge >= 0.3 is 0 Å². The number of aromatic hydroxyl groups is 1. The van der Waals surface area contributed by atoms with E-state index in [1.54, 1.807) is 26.0 Å². The van der Waals surface area contributed by atoms with E-state index in [0.717, 1.165) is 5.56 Å². The van der Waals surface area contributed by atoms with Gasteiger partial charge in [-0.15, -0.1) is 4.40 Å². The molecular weight excluding hydrogens is 324 g/mol. The number of amidine groups is 1. The minimum absolute atomic E-state index is 0.0699. The minimum atomic E-state index is -3.80. The van der Waals surface area contributed by atoms with Gasteiger partial charge in [-0.2, -0.15) is 8.42 Å². The van der Waals surface area contributed by atoms with Crippen LogP contribution >= 0.6 is 11.6 Å². The number of anilines is 1. The fraction of sp³-hybridized carbons (Fsp3) is 0.133. The van der Waals surface area contributed by atoms with E-state index < -0.39 is 10.0 Å². The van der Waals surface area contributed by atoms with Crippen molar-refractivity contribution in [2.24, 2.45) is 4.40 Å². The second kappa shape index (κ2) is 6.37. The monoisotopic (exact) mass is 338 g/mol. The third-order valence-electron chi connectivity index (χ3n) is 2.89. The van der Waals surface area contributed by atoms with Crippen LogP contribution in [0.4, 0.5) is 5.69 Å². The van der Waals surface area contributed by atoms with Gasteiger partial charge < -0.3 is 10.4 Å². The summed E-state index contributed by atoms with van der Waals surface area (Å²) in [5.74, 6) is 0.371. The van der Waals surface area contributed by atoms with Crippen molar-refractivity contribution in [1.29, 1.82) is 0 Å². The lowest BCUT2D eigenvalue weighted by molar-refractivity contribution is 0.475. The van der Waals surface area contributed by atoms with E-state index in [4.69, 9.17) is 11.6 Å². The molecule has 2 N–H and O–H groups in total. The van der Waals surface area contributed by atoms with Gasteiger partial charge in [-0.3, -0.25) is 0 Å². The van der Waals surface area contributed by atoms with Gasteiger partial charge in [0.05, 0.1) is 4.90 Å². The van der Waals surface area contributed by atoms with Crippen molar-refractivity contribution in [2.75, 3.05) is 5.32 Å². The lowest BCUT2D eigenvalue weighted by Crippen LogP contribution is -2.11. The number of benzene rings is 2. The average molecular weight is 339 g/mol. The van der Waals surface area contributed by atoms with Gasteiger partial charge in [0.25, 0.3) is 10.0 Å². The molecule has 0 aromatic heterocycles. The van der Waals surface area contributed by atoms with Crippen molar-refractivity contribution in [3.05, 3.63) is 53.1 Å². The zero-order valence-corrected chi connectivity index (χ0v) is 13.6. The predicted octanol–water partition coefficient (Wildman–Crippen LogP) is 3.57. The Labute approximate surface area is 134 Å². The summed E-state index contributed by atoms with van der Waals surface area (Å²) in [4.78, 5) is 0.0699. The molecule has 2 aromatic carbocycles. The number of hydrogen-bond acceptors (Lipinski definition) is 3. The van der Waals surface area contributed by atoms with Crippen LogP contribution in [0.5, 0.6) is 5.75 Å². The second-order valence-electron chi connectivity index (χ2n) is 4.73. The Morgan fingerprint density at radius 1 is 1.18 bits per heavy atom. The van der Waals surface area contributed by atoms with E-state index >= 15 is 0 Å². The molecule has 116 valence electrons. The van der Waals surface area contributed by atoms with Gasteiger partial charge in [0.15, 0.2) is 0 Å². The molecule has 2 aromatic rings. The van der Waals surface area contributed by atoms with Gasteiger partial charge in [0.2, 0.25) is 0 Å². The molecule has 0 aliphatic heterocycles. The maximum atomic E-state index is 12.2. The van der Waals surface area contributed by atoms with E-state index in [0.29, 0.717) is 10.7 Å². The number of phenols is 1. The molecule has 0 saturated heterocycles. The van der Waals surface area contributed by atoms with Crippen LogP contribution < -0.4 is 5.32 Å². The zero-order valence-electron chi connectivity index (χ0n) is 12.0. The van der Waals surface area contributed by atoms with Crippen LogP contribution in [0.25, 0.3) is 0 Å². The third-order valence-corrected chi connectivity index (χ3v) is 4.53. The quantitative estimate of drug-likeness (QED) is 0.509. The lowest BCUT2D eigenvalue weighted by Gasteiger charge is -2.09. The Morgan fingerprint density at radius 3 is 2.41 bits per heavy atom. The smallest absolute Gasteiger partial charge is 0.283 e. The number of hydrogen-bond donors (Lipinski definition) is 2. The summed E-state index contributed by atoms with van der Waals surface area (Å²) in [5.41, 5.74) is 1.45. The molecule has 0 bridgehead atoms. The highest BCUT2D eigenvalue weighted by molar-refractivity contribution is 7.90. The first-order valence-electron chi connectivity index (χ1n) is 6.42. The summed E-state index contributed by atoms with van der Waals surface area (Å²) in [6.07, 6.45) is 0. The van der Waals surface area contributed by atoms with Crippen molar-refractivity contribution in [2.45, 2.75) is 18.7 Å². The molecule has 0 fully saturated rings. The highest BCUT2D eigenvalue weighted by Crippen LogP contribution is 2.21. The van der Waals surface area contributed by atoms with Gasteiger partial charge in [0, 0.05) is 10.7 Å². The normalized spacial score (nSPS) is 12.2. The highest BCUT2D eigenvalue weighted by Gasteiger charge is 2.13. The molecule has 0 aliphatic carbocycles. The molecule has 5 nitrogen and oxygen atoms in total. The molecule has 0 amide bonds. The van der Waals surface area contributed by atoms with Crippen molar-refractivity contribution in [1.82, 2.24) is 0 Å². The highest BCUT2D eigenvalue weighted by atomic mass is 35.5. The number of halogens is 1. The summed E-state index contributed by atoms with van der Waals surface area (Å²) in [6.45, 7) is 3.35. The molecule has 0 saturated carbocycles. The minimum Gasteiger partial charge on any atom is -0.508 e. The summed E-state index contributed by atoms with van der Waals surface area (Å²) in [6, 6.07) is 10.5. The van der Waals surface area contributed by atoms with Gasteiger partial charge in [-0.05, 0) is 61.9 Å². The Kier molecular flexibility index (Phi) is 4.73. The van der Waals surface area contributed by atoms with E-state index in [9.17, 15) is 13.5 Å². The van der Waals surface area contributed by atoms with Crippen molar-refractivity contribution in [3.63, 3.8) is 0 Å². The molecule has 0 unspecified atom stereocenters. The molecular formula is C15H15ClN2O3S. The van der Waals surface area contributed by atoms with Crippen molar-refractivity contribution < 1.29 is 13.5 Å². The summed E-state index contributed by atoms with van der Waals surface area (Å²) >= 11 is 5.74. The standard InChI is InChI=1S/C15H15ClN2O3S/c1-10-9-13(19)5-8-15(10)17-11(2)18-22(20,21)14-6-3-12(16)4-7-14/h3-9,19H,1-2H3,(H,17,18). The Hall–Kier alpha value is -2.05. The first-order chi connectivity index (χ1) is 10.3. The first-order valence-corrected chi connectivity index (χ1v) is 8.23. The largest absolute Gasteiger partial charge is 0.508 e. The van der Waals surface area contributed by atoms with Crippen LogP contribution in [0.3, 0.4) is 0 Å². The van der Waals surface area contributed by atoms with E-state index in [2.05, 4.69) is 9.71 Å². The number of phenolic OH excluding ortho intramolecular Hbond substituents is 1. The number of nitrogens with zero attached hydrogens (tertiary/aromatic N) is 1. The number of nitrogens with one attached hydrogen (secondary N) is 1. The summed E-state index contributed by atoms with van der Waals surface area (Å²) < 4.78 is 28.1. The first kappa shape index (κ1) is 16.3. The van der Waals surface area contributed by atoms with Crippen molar-refractivity contribution >= 4 is 33.1 Å². The van der Waals surface area contributed by atoms with Gasteiger partial charge in [0.1, 0.15) is 11.6 Å². The third kappa shape index (κ3) is 3.99. The molecule has 0 spiro atoms. The molecule has 0 radical (unpaired) electrons. The maximum absolute atomic E-state index is 12.2. The predicted molar refractivity (Wildman–Crippen MR) is 88.2 cm³/mol. The topological polar surface area (TPSA) is 78.8 Å². The summed E-state index contributed by atoms with van der Waals surface area (Å²) in [5, 5.41) is 12.7. The summed E-state index contributed by atoms with van der Waals surface area (Å²) in [7, 11) is -3.80. The van der Waals surface area contributed by atoms with E-state index in [1.807, 2.05) is 0 Å². The van der Waals surface area contributed by atoms with E-state index in [-0.39, 0.29) is 16.5 Å². The molecule has 0 aliphatic rings. The molecule has 7 heteroatoms. The number of rotatable bonds is 3. The van der Waals surface area contributed by atoms with Crippen LogP contribution in [0.15, 0.2) is 51.8 Å². The van der Waals surface area contributed by atoms with Crippen molar-refractivity contribution in [3.8, 4) is 5.75 Å². The van der Waals surface area contributed by atoms with Crippen LogP contribution in [0.2, 0.25) is 5.02 Å². The molecule has 22 heavy (non-hydrogen) atoms. The molecule has 2 rings (SSSR count). The maximum Gasteiger partial charge on any atom is 0.283 e. The SMILES string of the molecule is CC(=NS(=O)(=O)c1ccc(Cl)cc1)Nc1ccc(O)cc1C. The lowest BCUT2D eigenvalue weighted by atomic mass is 10.2. The zero-order chi connectivity index (χ0) is 16.3. The fourth-order valence-corrected chi connectivity index (χ4v) is 2.96. The molecule has 0 heterocycles. The molecule has 0 atom stereocenters. The Morgan fingerprint density at radius 2 is 1.82 bits per heavy atom. The van der Waals surface area contributed by atoms with Gasteiger partial charge in [-0.25, -0.2) is 0 Å². The number of aryl methyl sites for hydroxylation is 1. The Bertz CT molecular complexity index is 815. The van der Waals surface area contributed by atoms with E-state index in [1.165, 1.54) is 30.3 Å². The number of sulfonamides is 1. The van der Waals surface area contributed by atoms with Crippen LogP contribution in [-0.4, -0.2) is 19.4 Å².